The SMILES string of the molecule is Cc1cc([C@@H](C)Nc2ccccc2C2=CC(O)NC=C2)c2oc(-c3ccccc3)c(C)c(=O)c2c1. The van der Waals surface area contributed by atoms with Crippen LogP contribution in [0.1, 0.15) is 35.2 Å². The van der Waals surface area contributed by atoms with Gasteiger partial charge in [0.05, 0.1) is 11.4 Å². The Balaban J connectivity index is 1.61. The smallest absolute Gasteiger partial charge is 0.196 e. The highest BCUT2D eigenvalue weighted by atomic mass is 16.3. The number of dihydropyridines is 1. The minimum atomic E-state index is -0.727. The minimum Gasteiger partial charge on any atom is -0.455 e. The first-order chi connectivity index (χ1) is 16.9. The predicted octanol–water partition coefficient (Wildman–Crippen LogP) is 6.07. The van der Waals surface area contributed by atoms with Gasteiger partial charge in [0.15, 0.2) is 5.43 Å². The standard InChI is InChI=1S/C30H28N2O3/c1-18-15-24(20(3)32-26-12-8-7-11-23(26)22-13-14-31-27(33)17-22)30-25(16-18)28(34)19(2)29(35-30)21-9-5-4-6-10-21/h4-17,20,27,31-33H,1-3H3/t20-,27?/m1/s1. The molecule has 3 aromatic carbocycles. The molecule has 176 valence electrons. The number of anilines is 1. The van der Waals surface area contributed by atoms with Crippen LogP contribution in [0.5, 0.6) is 0 Å². The number of para-hydroxylation sites is 1. The summed E-state index contributed by atoms with van der Waals surface area (Å²) in [7, 11) is 0. The molecule has 3 N–H and O–H groups in total. The molecule has 0 fully saturated rings. The van der Waals surface area contributed by atoms with Crippen LogP contribution in [-0.2, 0) is 0 Å². The summed E-state index contributed by atoms with van der Waals surface area (Å²) in [6.45, 7) is 5.88. The largest absolute Gasteiger partial charge is 0.455 e. The number of benzene rings is 3. The van der Waals surface area contributed by atoms with Crippen LogP contribution < -0.4 is 16.1 Å². The van der Waals surface area contributed by atoms with Gasteiger partial charge in [-0.05, 0) is 62.4 Å². The Labute approximate surface area is 204 Å². The van der Waals surface area contributed by atoms with Gasteiger partial charge in [-0.2, -0.15) is 0 Å². The van der Waals surface area contributed by atoms with Gasteiger partial charge >= 0.3 is 0 Å². The normalized spacial score (nSPS) is 16.0. The Morgan fingerprint density at radius 1 is 1.03 bits per heavy atom. The summed E-state index contributed by atoms with van der Waals surface area (Å²) >= 11 is 0. The fourth-order valence-corrected chi connectivity index (χ4v) is 4.62. The Hall–Kier alpha value is -4.09. The van der Waals surface area contributed by atoms with Crippen molar-refractivity contribution in [3.63, 3.8) is 0 Å². The molecule has 1 unspecified atom stereocenters. The van der Waals surface area contributed by atoms with Crippen LogP contribution in [0.3, 0.4) is 0 Å². The van der Waals surface area contributed by atoms with Crippen LogP contribution in [0.15, 0.2) is 94.3 Å². The van der Waals surface area contributed by atoms with Crippen molar-refractivity contribution in [3.05, 3.63) is 118 Å². The number of nitrogens with one attached hydrogen (secondary N) is 2. The van der Waals surface area contributed by atoms with Gasteiger partial charge in [-0.25, -0.2) is 0 Å². The van der Waals surface area contributed by atoms with Crippen molar-refractivity contribution in [3.8, 4) is 11.3 Å². The quantitative estimate of drug-likeness (QED) is 0.334. The number of aliphatic hydroxyl groups excluding tert-OH is 1. The van der Waals surface area contributed by atoms with E-state index in [0.717, 1.165) is 33.5 Å². The second-order valence-electron chi connectivity index (χ2n) is 8.96. The summed E-state index contributed by atoms with van der Waals surface area (Å²) in [6, 6.07) is 21.6. The summed E-state index contributed by atoms with van der Waals surface area (Å²) in [6.07, 6.45) is 4.74. The number of aryl methyl sites for hydroxylation is 1. The van der Waals surface area contributed by atoms with Crippen LogP contribution in [0.4, 0.5) is 5.69 Å². The summed E-state index contributed by atoms with van der Waals surface area (Å²) < 4.78 is 6.46. The lowest BCUT2D eigenvalue weighted by Gasteiger charge is -2.22. The highest BCUT2D eigenvalue weighted by Gasteiger charge is 2.20. The van der Waals surface area contributed by atoms with Gasteiger partial charge in [-0.3, -0.25) is 4.79 Å². The van der Waals surface area contributed by atoms with E-state index >= 15 is 0 Å². The van der Waals surface area contributed by atoms with E-state index in [2.05, 4.69) is 23.6 Å². The zero-order valence-electron chi connectivity index (χ0n) is 20.0. The summed E-state index contributed by atoms with van der Waals surface area (Å²) in [5.41, 5.74) is 6.82. The van der Waals surface area contributed by atoms with Crippen molar-refractivity contribution in [1.29, 1.82) is 0 Å². The maximum atomic E-state index is 13.4. The van der Waals surface area contributed by atoms with Gasteiger partial charge < -0.3 is 20.2 Å². The molecule has 1 aliphatic heterocycles. The average molecular weight is 465 g/mol. The van der Waals surface area contributed by atoms with E-state index in [1.54, 1.807) is 12.3 Å². The van der Waals surface area contributed by atoms with Crippen molar-refractivity contribution in [2.45, 2.75) is 33.0 Å². The lowest BCUT2D eigenvalue weighted by Crippen LogP contribution is -2.23. The monoisotopic (exact) mass is 464 g/mol. The first-order valence-corrected chi connectivity index (χ1v) is 11.7. The van der Waals surface area contributed by atoms with Crippen LogP contribution in [0, 0.1) is 13.8 Å². The topological polar surface area (TPSA) is 74.5 Å². The number of hydrogen-bond donors (Lipinski definition) is 3. The second-order valence-corrected chi connectivity index (χ2v) is 8.96. The molecule has 0 bridgehead atoms. The van der Waals surface area contributed by atoms with Crippen LogP contribution in [0.25, 0.3) is 27.9 Å². The third-order valence-electron chi connectivity index (χ3n) is 6.37. The number of rotatable bonds is 5. The Morgan fingerprint density at radius 2 is 1.77 bits per heavy atom. The summed E-state index contributed by atoms with van der Waals surface area (Å²) in [5.74, 6) is 0.597. The molecule has 0 aliphatic carbocycles. The Bertz CT molecular complexity index is 1520. The van der Waals surface area contributed by atoms with Crippen molar-refractivity contribution >= 4 is 22.2 Å². The van der Waals surface area contributed by atoms with E-state index < -0.39 is 6.23 Å². The van der Waals surface area contributed by atoms with Gasteiger partial charge in [-0.15, -0.1) is 0 Å². The third-order valence-corrected chi connectivity index (χ3v) is 6.37. The van der Waals surface area contributed by atoms with Crippen molar-refractivity contribution in [2.75, 3.05) is 5.32 Å². The second kappa shape index (κ2) is 9.28. The fourth-order valence-electron chi connectivity index (χ4n) is 4.62. The summed E-state index contributed by atoms with van der Waals surface area (Å²) in [5, 5.41) is 17.1. The van der Waals surface area contributed by atoms with Gasteiger partial charge in [0.2, 0.25) is 0 Å². The molecule has 5 rings (SSSR count). The van der Waals surface area contributed by atoms with E-state index in [9.17, 15) is 9.90 Å². The van der Waals surface area contributed by atoms with Gasteiger partial charge in [0.25, 0.3) is 0 Å². The lowest BCUT2D eigenvalue weighted by atomic mass is 9.97. The molecule has 1 aliphatic rings. The first kappa shape index (κ1) is 22.7. The maximum absolute atomic E-state index is 13.4. The van der Waals surface area contributed by atoms with Gasteiger partial charge in [-0.1, -0.05) is 54.6 Å². The first-order valence-electron chi connectivity index (χ1n) is 11.7. The molecule has 0 spiro atoms. The fraction of sp³-hybridized carbons (Fsp3) is 0.167. The van der Waals surface area contributed by atoms with E-state index in [1.807, 2.05) is 80.6 Å². The summed E-state index contributed by atoms with van der Waals surface area (Å²) in [4.78, 5) is 13.4. The number of aliphatic hydroxyl groups is 1. The zero-order valence-corrected chi connectivity index (χ0v) is 20.0. The van der Waals surface area contributed by atoms with Crippen molar-refractivity contribution < 1.29 is 9.52 Å². The molecule has 1 aromatic heterocycles. The van der Waals surface area contributed by atoms with Gasteiger partial charge in [0.1, 0.15) is 17.6 Å². The van der Waals surface area contributed by atoms with Gasteiger partial charge in [0, 0.05) is 27.9 Å². The van der Waals surface area contributed by atoms with Crippen molar-refractivity contribution in [2.24, 2.45) is 0 Å². The Morgan fingerprint density at radius 3 is 2.54 bits per heavy atom. The molecule has 2 heterocycles. The van der Waals surface area contributed by atoms with E-state index in [0.29, 0.717) is 22.3 Å². The van der Waals surface area contributed by atoms with E-state index in [-0.39, 0.29) is 11.5 Å². The third kappa shape index (κ3) is 4.38. The predicted molar refractivity (Wildman–Crippen MR) is 142 cm³/mol. The van der Waals surface area contributed by atoms with Crippen LogP contribution >= 0.6 is 0 Å². The molecule has 0 saturated heterocycles. The van der Waals surface area contributed by atoms with E-state index in [1.165, 1.54) is 0 Å². The molecule has 4 aromatic rings. The van der Waals surface area contributed by atoms with E-state index in [4.69, 9.17) is 4.42 Å². The molecule has 35 heavy (non-hydrogen) atoms. The molecule has 0 amide bonds. The number of hydrogen-bond acceptors (Lipinski definition) is 5. The number of fused-ring (bicyclic) bond motifs is 1. The molecular weight excluding hydrogens is 436 g/mol. The van der Waals surface area contributed by atoms with Crippen molar-refractivity contribution in [1.82, 2.24) is 5.32 Å². The molecular formula is C30H28N2O3. The number of allylic oxidation sites excluding steroid dienone is 2. The highest BCUT2D eigenvalue weighted by Crippen LogP contribution is 2.34. The maximum Gasteiger partial charge on any atom is 0.196 e. The van der Waals surface area contributed by atoms with Crippen LogP contribution in [-0.4, -0.2) is 11.3 Å². The molecule has 0 radical (unpaired) electrons. The zero-order chi connectivity index (χ0) is 24.5. The highest BCUT2D eigenvalue weighted by molar-refractivity contribution is 5.86. The Kier molecular flexibility index (Phi) is 6.01. The molecule has 2 atom stereocenters. The molecule has 5 nitrogen and oxygen atoms in total. The molecule has 0 saturated carbocycles. The average Bonchev–Trinajstić information content (AvgIpc) is 2.87. The molecule has 5 heteroatoms. The minimum absolute atomic E-state index is 0.0124. The van der Waals surface area contributed by atoms with Crippen LogP contribution in [0.2, 0.25) is 0 Å². The lowest BCUT2D eigenvalue weighted by molar-refractivity contribution is 0.201.